The molecular weight excluding hydrogens is 466 g/mol. The first-order chi connectivity index (χ1) is 18.6. The van der Waals surface area contributed by atoms with E-state index < -0.39 is 0 Å². The summed E-state index contributed by atoms with van der Waals surface area (Å²) >= 11 is 0. The summed E-state index contributed by atoms with van der Waals surface area (Å²) in [7, 11) is 0. The quantitative estimate of drug-likeness (QED) is 0.248. The van der Waals surface area contributed by atoms with Crippen molar-refractivity contribution >= 4 is 0 Å². The molecule has 2 heterocycles. The predicted octanol–water partition coefficient (Wildman–Crippen LogP) is 7.61. The third-order valence-electron chi connectivity index (χ3n) is 6.30. The Morgan fingerprint density at radius 2 is 0.605 bits per heavy atom. The maximum absolute atomic E-state index is 4.83. The van der Waals surface area contributed by atoms with E-state index in [0.29, 0.717) is 17.5 Å². The zero-order valence-electron chi connectivity index (χ0n) is 21.2. The SMILES string of the molecule is Cc1cc(C)nc(-c2ccc(-c3ccc(-c4nc(-c5ccccc5)nc(-c5ccccc5)n4)cc3)cc2)n1. The van der Waals surface area contributed by atoms with Crippen LogP contribution in [0, 0.1) is 13.8 Å². The Morgan fingerprint density at radius 1 is 0.316 bits per heavy atom. The van der Waals surface area contributed by atoms with Crippen molar-refractivity contribution in [3.8, 4) is 56.7 Å². The molecule has 0 atom stereocenters. The summed E-state index contributed by atoms with van der Waals surface area (Å²) in [5.74, 6) is 2.71. The van der Waals surface area contributed by atoms with Crippen molar-refractivity contribution in [3.05, 3.63) is 127 Å². The monoisotopic (exact) mass is 491 g/mol. The topological polar surface area (TPSA) is 64.5 Å². The Balaban J connectivity index is 1.33. The number of benzene rings is 4. The van der Waals surface area contributed by atoms with Crippen molar-refractivity contribution in [3.63, 3.8) is 0 Å². The molecule has 0 fully saturated rings. The summed E-state index contributed by atoms with van der Waals surface area (Å²) in [5.41, 5.74) is 8.02. The first kappa shape index (κ1) is 23.4. The van der Waals surface area contributed by atoms with Crippen LogP contribution < -0.4 is 0 Å². The Bertz CT molecular complexity index is 1620. The lowest BCUT2D eigenvalue weighted by Crippen LogP contribution is -2.00. The zero-order valence-corrected chi connectivity index (χ0v) is 21.2. The summed E-state index contributed by atoms with van der Waals surface area (Å²) in [5, 5.41) is 0. The number of rotatable bonds is 5. The predicted molar refractivity (Wildman–Crippen MR) is 152 cm³/mol. The molecule has 0 amide bonds. The normalized spacial score (nSPS) is 10.9. The minimum atomic E-state index is 0.645. The number of nitrogens with zero attached hydrogens (tertiary/aromatic N) is 5. The molecule has 5 nitrogen and oxygen atoms in total. The highest BCUT2D eigenvalue weighted by Crippen LogP contribution is 2.28. The first-order valence-electron chi connectivity index (χ1n) is 12.5. The number of hydrogen-bond donors (Lipinski definition) is 0. The van der Waals surface area contributed by atoms with Gasteiger partial charge in [-0.15, -0.1) is 0 Å². The second kappa shape index (κ2) is 10.1. The maximum atomic E-state index is 4.83. The molecule has 0 aliphatic heterocycles. The molecule has 0 aliphatic carbocycles. The second-order valence-electron chi connectivity index (χ2n) is 9.17. The van der Waals surface area contributed by atoms with Crippen molar-refractivity contribution in [1.82, 2.24) is 24.9 Å². The molecule has 6 rings (SSSR count). The zero-order chi connectivity index (χ0) is 25.9. The van der Waals surface area contributed by atoms with E-state index in [1.807, 2.05) is 80.6 Å². The molecule has 0 unspecified atom stereocenters. The first-order valence-corrected chi connectivity index (χ1v) is 12.5. The fourth-order valence-corrected chi connectivity index (χ4v) is 4.42. The van der Waals surface area contributed by atoms with Crippen LogP contribution in [-0.2, 0) is 0 Å². The third-order valence-corrected chi connectivity index (χ3v) is 6.30. The summed E-state index contributed by atoms with van der Waals surface area (Å²) in [4.78, 5) is 23.6. The van der Waals surface area contributed by atoms with Gasteiger partial charge < -0.3 is 0 Å². The van der Waals surface area contributed by atoms with E-state index in [2.05, 4.69) is 58.5 Å². The van der Waals surface area contributed by atoms with Crippen molar-refractivity contribution in [2.45, 2.75) is 13.8 Å². The third kappa shape index (κ3) is 4.95. The minimum Gasteiger partial charge on any atom is -0.233 e. The summed E-state index contributed by atoms with van der Waals surface area (Å²) in [6.45, 7) is 3.98. The molecule has 2 aromatic heterocycles. The Labute approximate surface area is 222 Å². The lowest BCUT2D eigenvalue weighted by Gasteiger charge is -2.09. The average molecular weight is 492 g/mol. The van der Waals surface area contributed by atoms with Gasteiger partial charge >= 0.3 is 0 Å². The smallest absolute Gasteiger partial charge is 0.164 e. The highest BCUT2D eigenvalue weighted by Gasteiger charge is 2.12. The van der Waals surface area contributed by atoms with Gasteiger partial charge in [-0.05, 0) is 31.0 Å². The largest absolute Gasteiger partial charge is 0.233 e. The van der Waals surface area contributed by atoms with Crippen molar-refractivity contribution in [1.29, 1.82) is 0 Å². The van der Waals surface area contributed by atoms with E-state index in [9.17, 15) is 0 Å². The van der Waals surface area contributed by atoms with E-state index in [0.717, 1.165) is 50.6 Å². The van der Waals surface area contributed by atoms with E-state index in [1.54, 1.807) is 0 Å². The van der Waals surface area contributed by atoms with Gasteiger partial charge in [0.15, 0.2) is 23.3 Å². The highest BCUT2D eigenvalue weighted by atomic mass is 15.0. The summed E-state index contributed by atoms with van der Waals surface area (Å²) < 4.78 is 0. The van der Waals surface area contributed by atoms with Crippen LogP contribution in [-0.4, -0.2) is 24.9 Å². The van der Waals surface area contributed by atoms with Crippen LogP contribution in [0.3, 0.4) is 0 Å². The molecule has 182 valence electrons. The van der Waals surface area contributed by atoms with Crippen LogP contribution in [0.25, 0.3) is 56.7 Å². The molecule has 0 bridgehead atoms. The molecule has 0 aliphatic rings. The Hall–Kier alpha value is -5.03. The van der Waals surface area contributed by atoms with E-state index >= 15 is 0 Å². The van der Waals surface area contributed by atoms with Crippen LogP contribution in [0.15, 0.2) is 115 Å². The van der Waals surface area contributed by atoms with Gasteiger partial charge in [0.1, 0.15) is 0 Å². The van der Waals surface area contributed by atoms with Crippen LogP contribution in [0.5, 0.6) is 0 Å². The fourth-order valence-electron chi connectivity index (χ4n) is 4.42. The van der Waals surface area contributed by atoms with E-state index in [4.69, 9.17) is 15.0 Å². The van der Waals surface area contributed by atoms with Gasteiger partial charge in [0, 0.05) is 33.6 Å². The molecule has 0 radical (unpaired) electrons. The van der Waals surface area contributed by atoms with Gasteiger partial charge in [-0.1, -0.05) is 109 Å². The molecule has 38 heavy (non-hydrogen) atoms. The molecular formula is C33H25N5. The number of aromatic nitrogens is 5. The van der Waals surface area contributed by atoms with E-state index in [-0.39, 0.29) is 0 Å². The standard InChI is InChI=1S/C33H25N5/c1-22-21-23(2)35-30(34-22)28-17-13-24(14-18-28)25-15-19-29(20-16-25)33-37-31(26-9-5-3-6-10-26)36-32(38-33)27-11-7-4-8-12-27/h3-21H,1-2H3. The van der Waals surface area contributed by atoms with Gasteiger partial charge in [-0.3, -0.25) is 0 Å². The van der Waals surface area contributed by atoms with Crippen LogP contribution >= 0.6 is 0 Å². The van der Waals surface area contributed by atoms with Crippen molar-refractivity contribution in [2.75, 3.05) is 0 Å². The maximum Gasteiger partial charge on any atom is 0.164 e. The van der Waals surface area contributed by atoms with Crippen molar-refractivity contribution < 1.29 is 0 Å². The lowest BCUT2D eigenvalue weighted by atomic mass is 10.0. The van der Waals surface area contributed by atoms with Gasteiger partial charge in [0.2, 0.25) is 0 Å². The van der Waals surface area contributed by atoms with E-state index in [1.165, 1.54) is 0 Å². The van der Waals surface area contributed by atoms with Gasteiger partial charge in [0.25, 0.3) is 0 Å². The van der Waals surface area contributed by atoms with Crippen LogP contribution in [0.1, 0.15) is 11.4 Å². The Kier molecular flexibility index (Phi) is 6.24. The van der Waals surface area contributed by atoms with Crippen LogP contribution in [0.2, 0.25) is 0 Å². The van der Waals surface area contributed by atoms with Crippen LogP contribution in [0.4, 0.5) is 0 Å². The van der Waals surface area contributed by atoms with Gasteiger partial charge in [-0.2, -0.15) is 0 Å². The summed E-state index contributed by atoms with van der Waals surface area (Å²) in [6, 6.07) is 38.7. The molecule has 0 spiro atoms. The van der Waals surface area contributed by atoms with Crippen molar-refractivity contribution in [2.24, 2.45) is 0 Å². The molecule has 6 aromatic rings. The highest BCUT2D eigenvalue weighted by molar-refractivity contribution is 5.72. The fraction of sp³-hybridized carbons (Fsp3) is 0.0606. The molecule has 5 heteroatoms. The van der Waals surface area contributed by atoms with Gasteiger partial charge in [0.05, 0.1) is 0 Å². The minimum absolute atomic E-state index is 0.645. The second-order valence-corrected chi connectivity index (χ2v) is 9.17. The lowest BCUT2D eigenvalue weighted by molar-refractivity contribution is 1.06. The molecule has 0 N–H and O–H groups in total. The molecule has 4 aromatic carbocycles. The van der Waals surface area contributed by atoms with Gasteiger partial charge in [-0.25, -0.2) is 24.9 Å². The molecule has 0 saturated carbocycles. The Morgan fingerprint density at radius 3 is 0.974 bits per heavy atom. The number of aryl methyl sites for hydroxylation is 2. The number of hydrogen-bond acceptors (Lipinski definition) is 5. The molecule has 0 saturated heterocycles. The average Bonchev–Trinajstić information content (AvgIpc) is 2.97. The summed E-state index contributed by atoms with van der Waals surface area (Å²) in [6.07, 6.45) is 0.